The molecular formula is C16H24NO3-. The van der Waals surface area contributed by atoms with Gasteiger partial charge < -0.3 is 15.2 Å². The predicted octanol–water partition coefficient (Wildman–Crippen LogP) is 1.55. The van der Waals surface area contributed by atoms with Crippen molar-refractivity contribution in [1.82, 2.24) is 5.32 Å². The van der Waals surface area contributed by atoms with Gasteiger partial charge in [-0.2, -0.15) is 0 Å². The number of rotatable bonds is 5. The Morgan fingerprint density at radius 3 is 2.55 bits per heavy atom. The van der Waals surface area contributed by atoms with Gasteiger partial charge in [-0.1, -0.05) is 24.5 Å². The summed E-state index contributed by atoms with van der Waals surface area (Å²) in [7, 11) is 0. The zero-order chi connectivity index (χ0) is 14.4. The summed E-state index contributed by atoms with van der Waals surface area (Å²) >= 11 is 0. The first kappa shape index (κ1) is 15.1. The second-order valence-corrected chi connectivity index (χ2v) is 5.97. The molecule has 2 aliphatic carbocycles. The Bertz CT molecular complexity index is 389. The fourth-order valence-electron chi connectivity index (χ4n) is 3.34. The minimum atomic E-state index is -1.07. The lowest BCUT2D eigenvalue weighted by Crippen LogP contribution is -2.44. The molecule has 2 rings (SSSR count). The molecule has 2 aliphatic rings. The van der Waals surface area contributed by atoms with Gasteiger partial charge in [0.2, 0.25) is 5.91 Å². The van der Waals surface area contributed by atoms with Gasteiger partial charge in [-0.15, -0.1) is 0 Å². The average molecular weight is 278 g/mol. The van der Waals surface area contributed by atoms with Crippen LogP contribution in [0.25, 0.3) is 0 Å². The number of carbonyl (C=O) groups is 2. The van der Waals surface area contributed by atoms with Crippen molar-refractivity contribution in [2.75, 3.05) is 6.54 Å². The molecule has 0 unspecified atom stereocenters. The van der Waals surface area contributed by atoms with Gasteiger partial charge in [0.15, 0.2) is 0 Å². The molecule has 0 heterocycles. The summed E-state index contributed by atoms with van der Waals surface area (Å²) in [6, 6.07) is 0. The van der Waals surface area contributed by atoms with E-state index in [9.17, 15) is 14.7 Å². The molecule has 0 aromatic rings. The first-order chi connectivity index (χ1) is 9.68. The third kappa shape index (κ3) is 4.09. The van der Waals surface area contributed by atoms with E-state index in [1.54, 1.807) is 0 Å². The normalized spacial score (nSPS) is 26.7. The highest BCUT2D eigenvalue weighted by atomic mass is 16.4. The molecule has 112 valence electrons. The zero-order valence-corrected chi connectivity index (χ0v) is 12.0. The van der Waals surface area contributed by atoms with Crippen molar-refractivity contribution >= 4 is 11.9 Å². The first-order valence-corrected chi connectivity index (χ1v) is 7.85. The Morgan fingerprint density at radius 2 is 1.90 bits per heavy atom. The molecule has 0 spiro atoms. The van der Waals surface area contributed by atoms with Gasteiger partial charge in [-0.05, 0) is 44.9 Å². The van der Waals surface area contributed by atoms with E-state index in [1.165, 1.54) is 18.4 Å². The van der Waals surface area contributed by atoms with Crippen molar-refractivity contribution in [2.45, 2.75) is 57.8 Å². The SMILES string of the molecule is O=C([O-])[C@H]1CCCC[C@@H]1C(=O)NCCC1=CCCCC1. The van der Waals surface area contributed by atoms with Crippen molar-refractivity contribution in [3.8, 4) is 0 Å². The monoisotopic (exact) mass is 278 g/mol. The molecule has 20 heavy (non-hydrogen) atoms. The van der Waals surface area contributed by atoms with Gasteiger partial charge in [-0.25, -0.2) is 0 Å². The largest absolute Gasteiger partial charge is 0.550 e. The van der Waals surface area contributed by atoms with Crippen LogP contribution in [0.2, 0.25) is 0 Å². The maximum Gasteiger partial charge on any atom is 0.223 e. The quantitative estimate of drug-likeness (QED) is 0.776. The molecule has 0 aromatic heterocycles. The number of hydrogen-bond acceptors (Lipinski definition) is 3. The van der Waals surface area contributed by atoms with E-state index in [1.807, 2.05) is 0 Å². The molecule has 1 fully saturated rings. The average Bonchev–Trinajstić information content (AvgIpc) is 2.48. The second-order valence-electron chi connectivity index (χ2n) is 5.97. The highest BCUT2D eigenvalue weighted by Gasteiger charge is 2.31. The van der Waals surface area contributed by atoms with E-state index in [0.717, 1.165) is 32.1 Å². The highest BCUT2D eigenvalue weighted by Crippen LogP contribution is 2.30. The molecule has 4 nitrogen and oxygen atoms in total. The van der Waals surface area contributed by atoms with Crippen LogP contribution < -0.4 is 10.4 Å². The van der Waals surface area contributed by atoms with E-state index in [-0.39, 0.29) is 5.91 Å². The van der Waals surface area contributed by atoms with E-state index in [2.05, 4.69) is 11.4 Å². The number of nitrogens with one attached hydrogen (secondary N) is 1. The summed E-state index contributed by atoms with van der Waals surface area (Å²) < 4.78 is 0. The highest BCUT2D eigenvalue weighted by molar-refractivity contribution is 5.84. The van der Waals surface area contributed by atoms with Crippen molar-refractivity contribution in [3.05, 3.63) is 11.6 Å². The lowest BCUT2D eigenvalue weighted by atomic mass is 9.78. The number of carbonyl (C=O) groups excluding carboxylic acids is 2. The Kier molecular flexibility index (Phi) is 5.62. The van der Waals surface area contributed by atoms with Gasteiger partial charge in [-0.3, -0.25) is 4.79 Å². The van der Waals surface area contributed by atoms with Gasteiger partial charge in [0.05, 0.1) is 0 Å². The molecule has 0 aliphatic heterocycles. The van der Waals surface area contributed by atoms with Crippen LogP contribution in [-0.2, 0) is 9.59 Å². The lowest BCUT2D eigenvalue weighted by Gasteiger charge is -2.31. The molecule has 4 heteroatoms. The Labute approximate surface area is 120 Å². The standard InChI is InChI=1S/C16H25NO3/c18-15(13-8-4-5-9-14(13)16(19)20)17-11-10-12-6-2-1-3-7-12/h6,13-14H,1-5,7-11H2,(H,17,18)(H,19,20)/p-1/t13-,14-/m0/s1. The number of aliphatic carboxylic acids is 1. The van der Waals surface area contributed by atoms with E-state index < -0.39 is 17.8 Å². The molecule has 0 bridgehead atoms. The van der Waals surface area contributed by atoms with Crippen LogP contribution in [0.1, 0.15) is 57.8 Å². The van der Waals surface area contributed by atoms with Crippen LogP contribution in [0, 0.1) is 11.8 Å². The summed E-state index contributed by atoms with van der Waals surface area (Å²) in [5.74, 6) is -2.16. The summed E-state index contributed by atoms with van der Waals surface area (Å²) in [5.41, 5.74) is 1.43. The Morgan fingerprint density at radius 1 is 1.15 bits per heavy atom. The van der Waals surface area contributed by atoms with Gasteiger partial charge in [0.1, 0.15) is 0 Å². The predicted molar refractivity (Wildman–Crippen MR) is 74.6 cm³/mol. The van der Waals surface area contributed by atoms with Crippen LogP contribution in [0.4, 0.5) is 0 Å². The van der Waals surface area contributed by atoms with Crippen LogP contribution in [0.5, 0.6) is 0 Å². The van der Waals surface area contributed by atoms with Crippen LogP contribution >= 0.6 is 0 Å². The fourth-order valence-corrected chi connectivity index (χ4v) is 3.34. The minimum absolute atomic E-state index is 0.102. The maximum absolute atomic E-state index is 12.1. The van der Waals surface area contributed by atoms with Gasteiger partial charge in [0.25, 0.3) is 0 Å². The fraction of sp³-hybridized carbons (Fsp3) is 0.750. The third-order valence-electron chi connectivity index (χ3n) is 4.54. The summed E-state index contributed by atoms with van der Waals surface area (Å²) in [5, 5.41) is 14.0. The number of carboxylic acids is 1. The van der Waals surface area contributed by atoms with Gasteiger partial charge >= 0.3 is 0 Å². The smallest absolute Gasteiger partial charge is 0.223 e. The molecule has 1 N–H and O–H groups in total. The van der Waals surface area contributed by atoms with Crippen molar-refractivity contribution in [2.24, 2.45) is 11.8 Å². The summed E-state index contributed by atoms with van der Waals surface area (Å²) in [6.07, 6.45) is 11.1. The number of carboxylic acid groups (broad SMARTS) is 1. The molecule has 0 aromatic carbocycles. The maximum atomic E-state index is 12.1. The number of hydrogen-bond donors (Lipinski definition) is 1. The van der Waals surface area contributed by atoms with E-state index in [4.69, 9.17) is 0 Å². The van der Waals surface area contributed by atoms with E-state index >= 15 is 0 Å². The lowest BCUT2D eigenvalue weighted by molar-refractivity contribution is -0.314. The minimum Gasteiger partial charge on any atom is -0.550 e. The first-order valence-electron chi connectivity index (χ1n) is 7.85. The van der Waals surface area contributed by atoms with Crippen molar-refractivity contribution in [3.63, 3.8) is 0 Å². The molecule has 2 atom stereocenters. The number of amides is 1. The van der Waals surface area contributed by atoms with Crippen molar-refractivity contribution in [1.29, 1.82) is 0 Å². The van der Waals surface area contributed by atoms with Crippen LogP contribution in [-0.4, -0.2) is 18.4 Å². The Hall–Kier alpha value is -1.32. The molecule has 1 saturated carbocycles. The molecular weight excluding hydrogens is 254 g/mol. The molecule has 0 radical (unpaired) electrons. The number of allylic oxidation sites excluding steroid dienone is 1. The summed E-state index contributed by atoms with van der Waals surface area (Å²) in [4.78, 5) is 23.2. The Balaban J connectivity index is 1.78. The molecule has 1 amide bonds. The second kappa shape index (κ2) is 7.46. The van der Waals surface area contributed by atoms with Crippen LogP contribution in [0.3, 0.4) is 0 Å². The zero-order valence-electron chi connectivity index (χ0n) is 12.0. The topological polar surface area (TPSA) is 69.2 Å². The van der Waals surface area contributed by atoms with Crippen LogP contribution in [0.15, 0.2) is 11.6 Å². The van der Waals surface area contributed by atoms with Gasteiger partial charge in [0, 0.05) is 24.3 Å². The van der Waals surface area contributed by atoms with Crippen molar-refractivity contribution < 1.29 is 14.7 Å². The van der Waals surface area contributed by atoms with E-state index in [0.29, 0.717) is 19.4 Å². The summed E-state index contributed by atoms with van der Waals surface area (Å²) in [6.45, 7) is 0.626. The molecule has 0 saturated heterocycles. The third-order valence-corrected chi connectivity index (χ3v) is 4.54.